The van der Waals surface area contributed by atoms with Crippen LogP contribution < -0.4 is 5.32 Å². The van der Waals surface area contributed by atoms with Gasteiger partial charge in [-0.25, -0.2) is 13.2 Å². The molecule has 0 radical (unpaired) electrons. The maximum atomic E-state index is 13.5. The molecule has 0 aliphatic carbocycles. The molecule has 20 heavy (non-hydrogen) atoms. The Kier molecular flexibility index (Phi) is 3.96. The first-order valence-electron chi connectivity index (χ1n) is 6.10. The van der Waals surface area contributed by atoms with Crippen molar-refractivity contribution in [1.82, 2.24) is 10.2 Å². The van der Waals surface area contributed by atoms with Gasteiger partial charge in [-0.15, -0.1) is 0 Å². The third kappa shape index (κ3) is 2.76. The summed E-state index contributed by atoms with van der Waals surface area (Å²) in [6, 6.07) is 1.27. The number of carbonyl (C=O) groups excluding carboxylic acids is 2. The van der Waals surface area contributed by atoms with Crippen molar-refractivity contribution in [2.75, 3.05) is 13.1 Å². The first-order chi connectivity index (χ1) is 9.40. The second-order valence-corrected chi connectivity index (χ2v) is 4.65. The van der Waals surface area contributed by atoms with Gasteiger partial charge in [-0.3, -0.25) is 9.59 Å². The van der Waals surface area contributed by atoms with Crippen LogP contribution in [0.4, 0.5) is 13.2 Å². The number of halogens is 3. The van der Waals surface area contributed by atoms with Gasteiger partial charge in [0.2, 0.25) is 5.91 Å². The van der Waals surface area contributed by atoms with Crippen LogP contribution >= 0.6 is 0 Å². The summed E-state index contributed by atoms with van der Waals surface area (Å²) in [7, 11) is 0. The highest BCUT2D eigenvalue weighted by molar-refractivity contribution is 5.94. The van der Waals surface area contributed by atoms with E-state index in [2.05, 4.69) is 5.32 Å². The molecule has 2 amide bonds. The van der Waals surface area contributed by atoms with E-state index in [0.29, 0.717) is 25.6 Å². The van der Waals surface area contributed by atoms with Gasteiger partial charge < -0.3 is 10.2 Å². The summed E-state index contributed by atoms with van der Waals surface area (Å²) in [6.07, 6.45) is 0.538. The topological polar surface area (TPSA) is 49.4 Å². The summed E-state index contributed by atoms with van der Waals surface area (Å²) in [5.41, 5.74) is -0.551. The fourth-order valence-corrected chi connectivity index (χ4v) is 2.13. The van der Waals surface area contributed by atoms with Crippen LogP contribution in [0.15, 0.2) is 12.1 Å². The highest BCUT2D eigenvalue weighted by atomic mass is 19.2. The molecule has 108 valence electrons. The highest BCUT2D eigenvalue weighted by Crippen LogP contribution is 2.16. The lowest BCUT2D eigenvalue weighted by atomic mass is 10.1. The van der Waals surface area contributed by atoms with E-state index in [1.54, 1.807) is 4.90 Å². The molecule has 0 spiro atoms. The zero-order valence-electron chi connectivity index (χ0n) is 10.8. The Bertz CT molecular complexity index is 563. The maximum Gasteiger partial charge on any atom is 0.254 e. The number of carbonyl (C=O) groups is 2. The van der Waals surface area contributed by atoms with E-state index in [0.717, 1.165) is 6.07 Å². The zero-order valence-corrected chi connectivity index (χ0v) is 10.8. The molecule has 1 fully saturated rings. The summed E-state index contributed by atoms with van der Waals surface area (Å²) in [5.74, 6) is -5.46. The third-order valence-corrected chi connectivity index (χ3v) is 3.25. The molecule has 2 rings (SSSR count). The van der Waals surface area contributed by atoms with Crippen molar-refractivity contribution in [3.05, 3.63) is 35.1 Å². The standard InChI is InChI=1S/C13H13F3N2O2/c1-7(19)18-5-4-8(6-18)17-13(20)9-2-3-10(14)12(16)11(9)15/h2-3,8H,4-6H2,1H3,(H,17,20). The van der Waals surface area contributed by atoms with E-state index in [-0.39, 0.29) is 11.9 Å². The number of nitrogens with one attached hydrogen (secondary N) is 1. The molecule has 0 aromatic heterocycles. The zero-order chi connectivity index (χ0) is 14.9. The average molecular weight is 286 g/mol. The third-order valence-electron chi connectivity index (χ3n) is 3.25. The molecular weight excluding hydrogens is 273 g/mol. The summed E-state index contributed by atoms with van der Waals surface area (Å²) in [4.78, 5) is 24.5. The predicted octanol–water partition coefficient (Wildman–Crippen LogP) is 1.45. The number of likely N-dealkylation sites (tertiary alicyclic amines) is 1. The molecule has 0 bridgehead atoms. The smallest absolute Gasteiger partial charge is 0.254 e. The number of hydrogen-bond donors (Lipinski definition) is 1. The second-order valence-electron chi connectivity index (χ2n) is 4.65. The van der Waals surface area contributed by atoms with Crippen LogP contribution in [0.3, 0.4) is 0 Å². The van der Waals surface area contributed by atoms with Gasteiger partial charge in [-0.1, -0.05) is 0 Å². The lowest BCUT2D eigenvalue weighted by molar-refractivity contribution is -0.127. The van der Waals surface area contributed by atoms with Crippen molar-refractivity contribution in [2.45, 2.75) is 19.4 Å². The minimum Gasteiger partial charge on any atom is -0.347 e. The van der Waals surface area contributed by atoms with Crippen molar-refractivity contribution in [3.8, 4) is 0 Å². The quantitative estimate of drug-likeness (QED) is 0.837. The Hall–Kier alpha value is -2.05. The largest absolute Gasteiger partial charge is 0.347 e. The van der Waals surface area contributed by atoms with Gasteiger partial charge in [0.1, 0.15) is 0 Å². The van der Waals surface area contributed by atoms with Gasteiger partial charge in [0.05, 0.1) is 5.56 Å². The van der Waals surface area contributed by atoms with Gasteiger partial charge in [-0.05, 0) is 18.6 Å². The van der Waals surface area contributed by atoms with Gasteiger partial charge >= 0.3 is 0 Å². The van der Waals surface area contributed by atoms with Gasteiger partial charge in [0.25, 0.3) is 5.91 Å². The number of hydrogen-bond acceptors (Lipinski definition) is 2. The molecule has 1 heterocycles. The van der Waals surface area contributed by atoms with E-state index < -0.39 is 28.9 Å². The number of nitrogens with zero attached hydrogens (tertiary/aromatic N) is 1. The summed E-state index contributed by atoms with van der Waals surface area (Å²) < 4.78 is 39.3. The van der Waals surface area contributed by atoms with Crippen LogP contribution in [0.1, 0.15) is 23.7 Å². The Labute approximate surface area is 113 Å². The lowest BCUT2D eigenvalue weighted by Crippen LogP contribution is -2.38. The summed E-state index contributed by atoms with van der Waals surface area (Å²) in [5, 5.41) is 2.51. The minimum absolute atomic E-state index is 0.110. The summed E-state index contributed by atoms with van der Waals surface area (Å²) in [6.45, 7) is 2.24. The van der Waals surface area contributed by atoms with E-state index >= 15 is 0 Å². The van der Waals surface area contributed by atoms with E-state index in [1.807, 2.05) is 0 Å². The molecule has 1 aromatic rings. The first-order valence-corrected chi connectivity index (χ1v) is 6.10. The van der Waals surface area contributed by atoms with Crippen molar-refractivity contribution in [2.24, 2.45) is 0 Å². The van der Waals surface area contributed by atoms with E-state index in [1.165, 1.54) is 6.92 Å². The molecule has 0 saturated carbocycles. The van der Waals surface area contributed by atoms with Crippen molar-refractivity contribution >= 4 is 11.8 Å². The van der Waals surface area contributed by atoms with Gasteiger partial charge in [0.15, 0.2) is 17.5 Å². The van der Waals surface area contributed by atoms with Crippen LogP contribution in [-0.4, -0.2) is 35.8 Å². The Morgan fingerprint density at radius 1 is 1.25 bits per heavy atom. The predicted molar refractivity (Wildman–Crippen MR) is 64.4 cm³/mol. The number of rotatable bonds is 2. The second kappa shape index (κ2) is 5.52. The van der Waals surface area contributed by atoms with Gasteiger partial charge in [-0.2, -0.15) is 0 Å². The number of benzene rings is 1. The fourth-order valence-electron chi connectivity index (χ4n) is 2.13. The fraction of sp³-hybridized carbons (Fsp3) is 0.385. The van der Waals surface area contributed by atoms with Crippen molar-refractivity contribution in [1.29, 1.82) is 0 Å². The summed E-state index contributed by atoms with van der Waals surface area (Å²) >= 11 is 0. The minimum atomic E-state index is -1.67. The molecule has 7 heteroatoms. The first kappa shape index (κ1) is 14.4. The molecule has 1 aliphatic heterocycles. The van der Waals surface area contributed by atoms with Gasteiger partial charge in [0, 0.05) is 26.1 Å². The van der Waals surface area contributed by atoms with Crippen molar-refractivity contribution in [3.63, 3.8) is 0 Å². The molecule has 1 aliphatic rings. The van der Waals surface area contributed by atoms with E-state index in [9.17, 15) is 22.8 Å². The van der Waals surface area contributed by atoms with Crippen LogP contribution in [0.25, 0.3) is 0 Å². The molecule has 1 N–H and O–H groups in total. The Morgan fingerprint density at radius 3 is 2.55 bits per heavy atom. The molecule has 1 atom stereocenters. The Balaban J connectivity index is 2.07. The van der Waals surface area contributed by atoms with Crippen LogP contribution in [0.5, 0.6) is 0 Å². The lowest BCUT2D eigenvalue weighted by Gasteiger charge is -2.15. The average Bonchev–Trinajstić information content (AvgIpc) is 2.84. The van der Waals surface area contributed by atoms with Crippen LogP contribution in [0.2, 0.25) is 0 Å². The van der Waals surface area contributed by atoms with Crippen LogP contribution in [0, 0.1) is 17.5 Å². The monoisotopic (exact) mass is 286 g/mol. The highest BCUT2D eigenvalue weighted by Gasteiger charge is 2.27. The Morgan fingerprint density at radius 2 is 1.95 bits per heavy atom. The number of amides is 2. The van der Waals surface area contributed by atoms with Crippen LogP contribution in [-0.2, 0) is 4.79 Å². The normalized spacial score (nSPS) is 18.2. The molecule has 1 aromatic carbocycles. The molecule has 1 unspecified atom stereocenters. The van der Waals surface area contributed by atoms with E-state index in [4.69, 9.17) is 0 Å². The molecular formula is C13H13F3N2O2. The van der Waals surface area contributed by atoms with Crippen molar-refractivity contribution < 1.29 is 22.8 Å². The molecule has 4 nitrogen and oxygen atoms in total. The SMILES string of the molecule is CC(=O)N1CCC(NC(=O)c2ccc(F)c(F)c2F)C1. The maximum absolute atomic E-state index is 13.5. The molecule has 1 saturated heterocycles.